The molecule has 0 aliphatic rings. The van der Waals surface area contributed by atoms with Crippen molar-refractivity contribution < 1.29 is 9.13 Å². The zero-order valence-corrected chi connectivity index (χ0v) is 10.5. The molecule has 0 bridgehead atoms. The van der Waals surface area contributed by atoms with Crippen molar-refractivity contribution in [1.29, 1.82) is 0 Å². The Morgan fingerprint density at radius 3 is 2.39 bits per heavy atom. The van der Waals surface area contributed by atoms with Crippen LogP contribution in [0.3, 0.4) is 0 Å². The summed E-state index contributed by atoms with van der Waals surface area (Å²) in [6.07, 6.45) is 0. The van der Waals surface area contributed by atoms with Crippen LogP contribution in [0, 0.1) is 12.7 Å². The molecule has 0 aromatic heterocycles. The molecule has 3 heteroatoms. The lowest BCUT2D eigenvalue weighted by Crippen LogP contribution is -2.15. The highest BCUT2D eigenvalue weighted by Crippen LogP contribution is 2.30. The van der Waals surface area contributed by atoms with Gasteiger partial charge in [0.25, 0.3) is 0 Å². The fraction of sp³-hybridized carbons (Fsp3) is 0.200. The lowest BCUT2D eigenvalue weighted by molar-refractivity contribution is 0.402. The molecule has 0 saturated carbocycles. The van der Waals surface area contributed by atoms with Crippen LogP contribution in [-0.2, 0) is 0 Å². The van der Waals surface area contributed by atoms with E-state index in [1.165, 1.54) is 13.2 Å². The number of aryl methyl sites for hydroxylation is 1. The normalized spacial score (nSPS) is 12.2. The largest absolute Gasteiger partial charge is 0.496 e. The minimum absolute atomic E-state index is 0.345. The van der Waals surface area contributed by atoms with Crippen molar-refractivity contribution in [3.8, 4) is 5.75 Å². The van der Waals surface area contributed by atoms with E-state index in [9.17, 15) is 4.39 Å². The van der Waals surface area contributed by atoms with Gasteiger partial charge in [-0.25, -0.2) is 4.39 Å². The van der Waals surface area contributed by atoms with E-state index in [2.05, 4.69) is 0 Å². The van der Waals surface area contributed by atoms with Crippen LogP contribution >= 0.6 is 0 Å². The van der Waals surface area contributed by atoms with Crippen LogP contribution in [0.25, 0.3) is 0 Å². The molecule has 18 heavy (non-hydrogen) atoms. The van der Waals surface area contributed by atoms with Gasteiger partial charge in [-0.15, -0.1) is 0 Å². The van der Waals surface area contributed by atoms with Gasteiger partial charge < -0.3 is 10.5 Å². The molecule has 94 valence electrons. The number of halogens is 1. The molecular formula is C15H16FNO. The minimum Gasteiger partial charge on any atom is -0.496 e. The number of methoxy groups -OCH3 is 1. The predicted molar refractivity (Wildman–Crippen MR) is 70.2 cm³/mol. The second-order valence-electron chi connectivity index (χ2n) is 4.24. The van der Waals surface area contributed by atoms with Gasteiger partial charge in [0.1, 0.15) is 11.6 Å². The average Bonchev–Trinajstić information content (AvgIpc) is 2.38. The summed E-state index contributed by atoms with van der Waals surface area (Å²) in [4.78, 5) is 0. The number of rotatable bonds is 3. The fourth-order valence-corrected chi connectivity index (χ4v) is 1.94. The summed E-state index contributed by atoms with van der Waals surface area (Å²) >= 11 is 0. The van der Waals surface area contributed by atoms with Crippen molar-refractivity contribution in [2.24, 2.45) is 5.73 Å². The fourth-order valence-electron chi connectivity index (χ4n) is 1.94. The Morgan fingerprint density at radius 2 is 1.78 bits per heavy atom. The summed E-state index contributed by atoms with van der Waals surface area (Å²) < 4.78 is 19.1. The van der Waals surface area contributed by atoms with E-state index in [1.54, 1.807) is 12.1 Å². The van der Waals surface area contributed by atoms with Crippen molar-refractivity contribution in [3.05, 3.63) is 65.0 Å². The Hall–Kier alpha value is -1.87. The predicted octanol–water partition coefficient (Wildman–Crippen LogP) is 3.19. The van der Waals surface area contributed by atoms with Gasteiger partial charge in [0.15, 0.2) is 0 Å². The van der Waals surface area contributed by atoms with Gasteiger partial charge in [-0.2, -0.15) is 0 Å². The maximum Gasteiger partial charge on any atom is 0.132 e. The molecule has 0 fully saturated rings. The molecule has 2 aromatic rings. The van der Waals surface area contributed by atoms with Gasteiger partial charge in [0.2, 0.25) is 0 Å². The summed E-state index contributed by atoms with van der Waals surface area (Å²) in [5, 5.41) is 0. The highest BCUT2D eigenvalue weighted by Gasteiger charge is 2.18. The van der Waals surface area contributed by atoms with E-state index in [4.69, 9.17) is 10.5 Å². The molecule has 2 nitrogen and oxygen atoms in total. The van der Waals surface area contributed by atoms with Crippen LogP contribution in [0.1, 0.15) is 22.7 Å². The minimum atomic E-state index is -0.526. The Labute approximate surface area is 106 Å². The van der Waals surface area contributed by atoms with Gasteiger partial charge in [-0.3, -0.25) is 0 Å². The van der Waals surface area contributed by atoms with Crippen LogP contribution in [0.15, 0.2) is 42.5 Å². The molecule has 1 unspecified atom stereocenters. The second-order valence-corrected chi connectivity index (χ2v) is 4.24. The third-order valence-electron chi connectivity index (χ3n) is 2.98. The Kier molecular flexibility index (Phi) is 3.63. The third-order valence-corrected chi connectivity index (χ3v) is 2.98. The lowest BCUT2D eigenvalue weighted by atomic mass is 9.97. The van der Waals surface area contributed by atoms with Crippen molar-refractivity contribution >= 4 is 0 Å². The zero-order valence-electron chi connectivity index (χ0n) is 10.5. The van der Waals surface area contributed by atoms with E-state index in [0.717, 1.165) is 11.1 Å². The molecule has 1 atom stereocenters. The number of hydrogen-bond acceptors (Lipinski definition) is 2. The first-order valence-electron chi connectivity index (χ1n) is 5.78. The van der Waals surface area contributed by atoms with Gasteiger partial charge in [0.05, 0.1) is 18.7 Å². The third kappa shape index (κ3) is 2.36. The van der Waals surface area contributed by atoms with Crippen molar-refractivity contribution in [1.82, 2.24) is 0 Å². The summed E-state index contributed by atoms with van der Waals surface area (Å²) in [6, 6.07) is 11.9. The van der Waals surface area contributed by atoms with Crippen LogP contribution < -0.4 is 10.5 Å². The van der Waals surface area contributed by atoms with E-state index >= 15 is 0 Å². The highest BCUT2D eigenvalue weighted by atomic mass is 19.1. The molecule has 2 N–H and O–H groups in total. The first-order valence-corrected chi connectivity index (χ1v) is 5.78. The quantitative estimate of drug-likeness (QED) is 0.901. The standard InChI is InChI=1S/C15H16FNO/c1-10-6-8-11(9-7-10)15(17)14-12(16)4-3-5-13(14)18-2/h3-9,15H,17H2,1-2H3. The molecule has 0 saturated heterocycles. The maximum absolute atomic E-state index is 13.9. The van der Waals surface area contributed by atoms with Gasteiger partial charge in [0, 0.05) is 0 Å². The van der Waals surface area contributed by atoms with Crippen molar-refractivity contribution in [3.63, 3.8) is 0 Å². The van der Waals surface area contributed by atoms with E-state index < -0.39 is 6.04 Å². The first-order chi connectivity index (χ1) is 8.63. The SMILES string of the molecule is COc1cccc(F)c1C(N)c1ccc(C)cc1. The second kappa shape index (κ2) is 5.19. The lowest BCUT2D eigenvalue weighted by Gasteiger charge is -2.17. The van der Waals surface area contributed by atoms with Gasteiger partial charge >= 0.3 is 0 Å². The van der Waals surface area contributed by atoms with Crippen LogP contribution in [0.2, 0.25) is 0 Å². The topological polar surface area (TPSA) is 35.2 Å². The van der Waals surface area contributed by atoms with Crippen LogP contribution in [0.4, 0.5) is 4.39 Å². The average molecular weight is 245 g/mol. The molecule has 2 rings (SSSR count). The summed E-state index contributed by atoms with van der Waals surface area (Å²) in [5.74, 6) is 0.130. The Balaban J connectivity index is 2.45. The van der Waals surface area contributed by atoms with E-state index in [-0.39, 0.29) is 5.82 Å². The molecule has 0 heterocycles. The Morgan fingerprint density at radius 1 is 1.11 bits per heavy atom. The maximum atomic E-state index is 13.9. The van der Waals surface area contributed by atoms with Crippen molar-refractivity contribution in [2.45, 2.75) is 13.0 Å². The van der Waals surface area contributed by atoms with E-state index in [0.29, 0.717) is 11.3 Å². The molecule has 0 aliphatic heterocycles. The monoisotopic (exact) mass is 245 g/mol. The first kappa shape index (κ1) is 12.6. The number of hydrogen-bond donors (Lipinski definition) is 1. The summed E-state index contributed by atoms with van der Waals surface area (Å²) in [6.45, 7) is 2.00. The van der Waals surface area contributed by atoms with E-state index in [1.807, 2.05) is 31.2 Å². The molecule has 0 amide bonds. The Bertz CT molecular complexity index is 537. The summed E-state index contributed by atoms with van der Waals surface area (Å²) in [7, 11) is 1.51. The van der Waals surface area contributed by atoms with Crippen molar-refractivity contribution in [2.75, 3.05) is 7.11 Å². The number of nitrogens with two attached hydrogens (primary N) is 1. The zero-order chi connectivity index (χ0) is 13.1. The molecule has 2 aromatic carbocycles. The number of ether oxygens (including phenoxy) is 1. The molecule has 0 aliphatic carbocycles. The highest BCUT2D eigenvalue weighted by molar-refractivity contribution is 5.42. The molecule has 0 radical (unpaired) electrons. The van der Waals surface area contributed by atoms with Gasteiger partial charge in [-0.05, 0) is 24.6 Å². The van der Waals surface area contributed by atoms with Crippen LogP contribution in [-0.4, -0.2) is 7.11 Å². The molecule has 0 spiro atoms. The van der Waals surface area contributed by atoms with Gasteiger partial charge in [-0.1, -0.05) is 35.9 Å². The molecular weight excluding hydrogens is 229 g/mol. The number of benzene rings is 2. The van der Waals surface area contributed by atoms with Crippen LogP contribution in [0.5, 0.6) is 5.75 Å². The smallest absolute Gasteiger partial charge is 0.132 e. The summed E-state index contributed by atoms with van der Waals surface area (Å²) in [5.41, 5.74) is 8.53.